The highest BCUT2D eigenvalue weighted by atomic mass is 16.6. The molecule has 0 bridgehead atoms. The van der Waals surface area contributed by atoms with E-state index in [9.17, 15) is 14.9 Å². The number of benzene rings is 1. The van der Waals surface area contributed by atoms with Gasteiger partial charge in [-0.25, -0.2) is 4.98 Å². The molecule has 0 radical (unpaired) electrons. The number of hydrogen-bond donors (Lipinski definition) is 1. The van der Waals surface area contributed by atoms with Crippen LogP contribution in [0.25, 0.3) is 5.65 Å². The van der Waals surface area contributed by atoms with E-state index in [1.165, 1.54) is 6.07 Å². The number of carbonyl (C=O) groups is 1. The summed E-state index contributed by atoms with van der Waals surface area (Å²) in [6, 6.07) is 10.3. The van der Waals surface area contributed by atoms with Crippen LogP contribution in [0, 0.1) is 17.0 Å². The molecule has 0 atom stereocenters. The van der Waals surface area contributed by atoms with Gasteiger partial charge in [-0.1, -0.05) is 18.2 Å². The van der Waals surface area contributed by atoms with Gasteiger partial charge in [-0.15, -0.1) is 0 Å². The van der Waals surface area contributed by atoms with E-state index in [0.29, 0.717) is 24.3 Å². The Bertz CT molecular complexity index is 967. The normalized spacial score (nSPS) is 10.7. The summed E-state index contributed by atoms with van der Waals surface area (Å²) in [7, 11) is 0. The van der Waals surface area contributed by atoms with Crippen molar-refractivity contribution in [3.63, 3.8) is 0 Å². The van der Waals surface area contributed by atoms with Gasteiger partial charge in [-0.3, -0.25) is 14.9 Å². The van der Waals surface area contributed by atoms with Crippen LogP contribution in [-0.2, 0) is 16.1 Å². The van der Waals surface area contributed by atoms with Crippen LogP contribution in [0.1, 0.15) is 24.1 Å². The van der Waals surface area contributed by atoms with Crippen molar-refractivity contribution >= 4 is 23.0 Å². The molecule has 8 nitrogen and oxygen atoms in total. The van der Waals surface area contributed by atoms with Crippen LogP contribution in [0.4, 0.5) is 11.4 Å². The molecular formula is C19H20N4O4. The predicted molar refractivity (Wildman–Crippen MR) is 101 cm³/mol. The number of aryl methyl sites for hydroxylation is 1. The molecule has 3 aromatic rings. The quantitative estimate of drug-likeness (QED) is 0.283. The minimum Gasteiger partial charge on any atom is -0.459 e. The lowest BCUT2D eigenvalue weighted by atomic mass is 10.2. The van der Waals surface area contributed by atoms with E-state index in [4.69, 9.17) is 4.74 Å². The molecule has 0 fully saturated rings. The molecule has 0 aliphatic rings. The maximum atomic E-state index is 11.9. The van der Waals surface area contributed by atoms with Crippen molar-refractivity contribution in [2.24, 2.45) is 0 Å². The number of imidazole rings is 1. The van der Waals surface area contributed by atoms with E-state index in [0.717, 1.165) is 11.2 Å². The number of nitro groups is 1. The Morgan fingerprint density at radius 2 is 2.07 bits per heavy atom. The number of fused-ring (bicyclic) bond motifs is 1. The second-order valence-corrected chi connectivity index (χ2v) is 6.17. The minimum absolute atomic E-state index is 0.0159. The summed E-state index contributed by atoms with van der Waals surface area (Å²) in [6.07, 6.45) is 4.53. The molecule has 1 aromatic carbocycles. The molecule has 0 amide bonds. The fourth-order valence-corrected chi connectivity index (χ4v) is 2.69. The van der Waals surface area contributed by atoms with E-state index in [-0.39, 0.29) is 24.7 Å². The Morgan fingerprint density at radius 3 is 2.89 bits per heavy atom. The summed E-state index contributed by atoms with van der Waals surface area (Å²) in [5.74, 6) is -0.326. The number of nitro benzene ring substituents is 1. The third kappa shape index (κ3) is 4.81. The topological polar surface area (TPSA) is 98.8 Å². The fourth-order valence-electron chi connectivity index (χ4n) is 2.69. The molecule has 0 spiro atoms. The van der Waals surface area contributed by atoms with E-state index in [1.807, 2.05) is 35.9 Å². The smallest absolute Gasteiger partial charge is 0.306 e. The van der Waals surface area contributed by atoms with Gasteiger partial charge in [0.1, 0.15) is 17.9 Å². The average molecular weight is 368 g/mol. The van der Waals surface area contributed by atoms with Crippen molar-refractivity contribution in [2.45, 2.75) is 26.4 Å². The van der Waals surface area contributed by atoms with Gasteiger partial charge in [0.25, 0.3) is 5.69 Å². The Kier molecular flexibility index (Phi) is 5.65. The predicted octanol–water partition coefficient (Wildman–Crippen LogP) is 3.49. The van der Waals surface area contributed by atoms with E-state index < -0.39 is 4.92 Å². The van der Waals surface area contributed by atoms with Crippen LogP contribution < -0.4 is 5.32 Å². The number of rotatable bonds is 8. The minimum atomic E-state index is -0.438. The summed E-state index contributed by atoms with van der Waals surface area (Å²) in [5.41, 5.74) is 3.07. The van der Waals surface area contributed by atoms with Crippen LogP contribution in [0.3, 0.4) is 0 Å². The molecule has 27 heavy (non-hydrogen) atoms. The molecule has 8 heteroatoms. The summed E-state index contributed by atoms with van der Waals surface area (Å²) in [5, 5.41) is 13.9. The van der Waals surface area contributed by atoms with Crippen molar-refractivity contribution in [1.82, 2.24) is 9.38 Å². The Balaban J connectivity index is 1.42. The first-order valence-corrected chi connectivity index (χ1v) is 8.60. The lowest BCUT2D eigenvalue weighted by molar-refractivity contribution is -0.384. The molecule has 0 saturated carbocycles. The fraction of sp³-hybridized carbons (Fsp3) is 0.263. The van der Waals surface area contributed by atoms with Crippen LogP contribution in [0.15, 0.2) is 48.8 Å². The van der Waals surface area contributed by atoms with Crippen molar-refractivity contribution in [2.75, 3.05) is 11.9 Å². The molecule has 1 N–H and O–H groups in total. The number of anilines is 1. The van der Waals surface area contributed by atoms with E-state index >= 15 is 0 Å². The number of esters is 1. The summed E-state index contributed by atoms with van der Waals surface area (Å²) >= 11 is 0. The lowest BCUT2D eigenvalue weighted by Gasteiger charge is -2.07. The zero-order valence-electron chi connectivity index (χ0n) is 14.9. The SMILES string of the molecule is Cc1ccc2nc(COC(=O)CCCNc3ccccc3[N+](=O)[O-])cn2c1. The first-order chi connectivity index (χ1) is 13.0. The van der Waals surface area contributed by atoms with Gasteiger partial charge in [-0.05, 0) is 31.0 Å². The second-order valence-electron chi connectivity index (χ2n) is 6.17. The van der Waals surface area contributed by atoms with Crippen molar-refractivity contribution in [3.8, 4) is 0 Å². The number of nitrogens with one attached hydrogen (secondary N) is 1. The van der Waals surface area contributed by atoms with E-state index in [2.05, 4.69) is 10.3 Å². The van der Waals surface area contributed by atoms with Gasteiger partial charge in [0.15, 0.2) is 0 Å². The van der Waals surface area contributed by atoms with Gasteiger partial charge >= 0.3 is 5.97 Å². The molecule has 2 heterocycles. The third-order valence-corrected chi connectivity index (χ3v) is 4.00. The second kappa shape index (κ2) is 8.31. The van der Waals surface area contributed by atoms with Gasteiger partial charge in [-0.2, -0.15) is 0 Å². The zero-order valence-corrected chi connectivity index (χ0v) is 14.9. The maximum Gasteiger partial charge on any atom is 0.306 e. The van der Waals surface area contributed by atoms with Crippen LogP contribution >= 0.6 is 0 Å². The van der Waals surface area contributed by atoms with Gasteiger partial charge < -0.3 is 14.5 Å². The first kappa shape index (κ1) is 18.4. The van der Waals surface area contributed by atoms with Crippen molar-refractivity contribution in [1.29, 1.82) is 0 Å². The molecule has 140 valence electrons. The molecular weight excluding hydrogens is 348 g/mol. The molecule has 0 aliphatic heterocycles. The van der Waals surface area contributed by atoms with E-state index in [1.54, 1.807) is 18.2 Å². The number of carbonyl (C=O) groups excluding carboxylic acids is 1. The standard InChI is InChI=1S/C19H20N4O4/c1-14-8-9-18-21-15(12-22(18)11-14)13-27-19(24)7-4-10-20-16-5-2-3-6-17(16)23(25)26/h2-3,5-6,8-9,11-12,20H,4,7,10,13H2,1H3. The number of hydrogen-bond acceptors (Lipinski definition) is 6. The molecule has 2 aromatic heterocycles. The third-order valence-electron chi connectivity index (χ3n) is 4.00. The number of ether oxygens (including phenoxy) is 1. The molecule has 0 saturated heterocycles. The lowest BCUT2D eigenvalue weighted by Crippen LogP contribution is -2.09. The highest BCUT2D eigenvalue weighted by Crippen LogP contribution is 2.23. The number of nitrogens with zero attached hydrogens (tertiary/aromatic N) is 3. The van der Waals surface area contributed by atoms with Crippen LogP contribution in [-0.4, -0.2) is 26.8 Å². The van der Waals surface area contributed by atoms with Gasteiger partial charge in [0, 0.05) is 31.4 Å². The Morgan fingerprint density at radius 1 is 1.26 bits per heavy atom. The maximum absolute atomic E-state index is 11.9. The molecule has 0 aliphatic carbocycles. The van der Waals surface area contributed by atoms with Gasteiger partial charge in [0.2, 0.25) is 0 Å². The average Bonchev–Trinajstić information content (AvgIpc) is 3.05. The largest absolute Gasteiger partial charge is 0.459 e. The monoisotopic (exact) mass is 368 g/mol. The number of para-hydroxylation sites is 2. The highest BCUT2D eigenvalue weighted by molar-refractivity contribution is 5.69. The highest BCUT2D eigenvalue weighted by Gasteiger charge is 2.12. The zero-order chi connectivity index (χ0) is 19.2. The van der Waals surface area contributed by atoms with Gasteiger partial charge in [0.05, 0.1) is 10.6 Å². The first-order valence-electron chi connectivity index (χ1n) is 8.60. The number of pyridine rings is 1. The Hall–Kier alpha value is -3.42. The number of aromatic nitrogens is 2. The van der Waals surface area contributed by atoms with Crippen molar-refractivity contribution < 1.29 is 14.5 Å². The summed E-state index contributed by atoms with van der Waals surface area (Å²) in [4.78, 5) is 26.8. The summed E-state index contributed by atoms with van der Waals surface area (Å²) in [6.45, 7) is 2.56. The molecule has 3 rings (SSSR count). The Labute approximate surface area is 155 Å². The van der Waals surface area contributed by atoms with Crippen LogP contribution in [0.2, 0.25) is 0 Å². The van der Waals surface area contributed by atoms with Crippen molar-refractivity contribution in [3.05, 3.63) is 70.2 Å². The summed E-state index contributed by atoms with van der Waals surface area (Å²) < 4.78 is 7.15. The molecule has 0 unspecified atom stereocenters. The van der Waals surface area contributed by atoms with Crippen LogP contribution in [0.5, 0.6) is 0 Å².